The van der Waals surface area contributed by atoms with E-state index in [-0.39, 0.29) is 12.3 Å². The Morgan fingerprint density at radius 1 is 1.58 bits per heavy atom. The van der Waals surface area contributed by atoms with Crippen molar-refractivity contribution < 1.29 is 19.5 Å². The van der Waals surface area contributed by atoms with Crippen LogP contribution in [0.1, 0.15) is 23.7 Å². The Hall–Kier alpha value is -2.31. The maximum atomic E-state index is 13.6. The summed E-state index contributed by atoms with van der Waals surface area (Å²) in [5.41, 5.74) is 4.96. The van der Waals surface area contributed by atoms with Gasteiger partial charge in [-0.05, 0) is 19.1 Å². The van der Waals surface area contributed by atoms with Crippen LogP contribution >= 0.6 is 0 Å². The van der Waals surface area contributed by atoms with Gasteiger partial charge in [-0.15, -0.1) is 0 Å². The summed E-state index contributed by atoms with van der Waals surface area (Å²) in [4.78, 5) is 13.3. The summed E-state index contributed by atoms with van der Waals surface area (Å²) in [7, 11) is 1.45. The fourth-order valence-corrected chi connectivity index (χ4v) is 1.58. The van der Waals surface area contributed by atoms with Gasteiger partial charge in [0.2, 0.25) is 0 Å². The second-order valence-electron chi connectivity index (χ2n) is 4.19. The van der Waals surface area contributed by atoms with Crippen LogP contribution in [0.4, 0.5) is 4.39 Å². The molecule has 4 N–H and O–H groups in total. The number of nitrogens with zero attached hydrogens (tertiary/aromatic N) is 2. The predicted octanol–water partition coefficient (Wildman–Crippen LogP) is 1.13. The number of benzene rings is 1. The Morgan fingerprint density at radius 2 is 2.21 bits per heavy atom. The van der Waals surface area contributed by atoms with Gasteiger partial charge in [0.25, 0.3) is 5.91 Å². The number of carbonyl (C=O) groups excluding carboxylic acids is 1. The van der Waals surface area contributed by atoms with E-state index in [1.54, 1.807) is 6.92 Å². The summed E-state index contributed by atoms with van der Waals surface area (Å²) in [6, 6.07) is 3.22. The van der Waals surface area contributed by atoms with Gasteiger partial charge in [0.1, 0.15) is 23.0 Å². The molecule has 1 rings (SSSR count). The van der Waals surface area contributed by atoms with E-state index in [0.29, 0.717) is 0 Å². The van der Waals surface area contributed by atoms with E-state index in [1.807, 2.05) is 0 Å². The summed E-state index contributed by atoms with van der Waals surface area (Å²) in [6.45, 7) is 1.66. The number of phenols is 1. The maximum absolute atomic E-state index is 13.6. The van der Waals surface area contributed by atoms with Crippen LogP contribution in [0.15, 0.2) is 23.4 Å². The average molecular weight is 269 g/mol. The zero-order valence-corrected chi connectivity index (χ0v) is 10.7. The fraction of sp³-hybridized carbons (Fsp3) is 0.333. The van der Waals surface area contributed by atoms with Crippen molar-refractivity contribution in [3.05, 3.63) is 29.6 Å². The number of halogens is 1. The molecule has 1 atom stereocenters. The average Bonchev–Trinajstić information content (AvgIpc) is 2.37. The van der Waals surface area contributed by atoms with Gasteiger partial charge in [0, 0.05) is 19.5 Å². The fourth-order valence-electron chi connectivity index (χ4n) is 1.58. The molecule has 0 aliphatic carbocycles. The predicted molar refractivity (Wildman–Crippen MR) is 67.6 cm³/mol. The number of nitrogens with two attached hydrogens (primary N) is 1. The van der Waals surface area contributed by atoms with E-state index >= 15 is 0 Å². The highest BCUT2D eigenvalue weighted by Gasteiger charge is 2.24. The number of amides is 1. The minimum atomic E-state index is -0.798. The number of phenolic OH excluding ortho intramolecular Hbond substituents is 1. The van der Waals surface area contributed by atoms with Crippen molar-refractivity contribution in [3.8, 4) is 5.75 Å². The summed E-state index contributed by atoms with van der Waals surface area (Å²) in [5.74, 6) is -1.93. The lowest BCUT2D eigenvalue weighted by Gasteiger charge is -2.25. The molecule has 19 heavy (non-hydrogen) atoms. The number of hydrogen-bond acceptors (Lipinski definition) is 4. The standard InChI is InChI=1S/C12H16FN3O3/c1-7(6-10(14)15-19)16(2)12(18)11-8(13)4-3-5-9(11)17/h3-5,7,17,19H,6H2,1-2H3,(H2,14,15). The Bertz CT molecular complexity index is 485. The molecule has 0 aromatic heterocycles. The molecule has 0 aliphatic heterocycles. The van der Waals surface area contributed by atoms with Crippen molar-refractivity contribution in [3.63, 3.8) is 0 Å². The van der Waals surface area contributed by atoms with E-state index in [0.717, 1.165) is 6.07 Å². The third-order valence-corrected chi connectivity index (χ3v) is 2.82. The van der Waals surface area contributed by atoms with Crippen LogP contribution in [0, 0.1) is 5.82 Å². The SMILES string of the molecule is CC(C/C(N)=N/O)N(C)C(=O)c1c(O)cccc1F. The van der Waals surface area contributed by atoms with Gasteiger partial charge >= 0.3 is 0 Å². The highest BCUT2D eigenvalue weighted by Crippen LogP contribution is 2.22. The number of hydrogen-bond donors (Lipinski definition) is 3. The second kappa shape index (κ2) is 6.03. The van der Waals surface area contributed by atoms with Gasteiger partial charge in [-0.25, -0.2) is 4.39 Å². The molecular weight excluding hydrogens is 253 g/mol. The van der Waals surface area contributed by atoms with Gasteiger partial charge in [0.15, 0.2) is 0 Å². The molecule has 0 fully saturated rings. The Labute approximate surface area is 109 Å². The molecule has 6 nitrogen and oxygen atoms in total. The van der Waals surface area contributed by atoms with Crippen molar-refractivity contribution in [2.45, 2.75) is 19.4 Å². The maximum Gasteiger partial charge on any atom is 0.260 e. The van der Waals surface area contributed by atoms with Crippen molar-refractivity contribution in [2.24, 2.45) is 10.9 Å². The van der Waals surface area contributed by atoms with Gasteiger partial charge in [0.05, 0.1) is 0 Å². The van der Waals surface area contributed by atoms with Crippen LogP contribution in [-0.2, 0) is 0 Å². The molecule has 1 amide bonds. The molecule has 104 valence electrons. The van der Waals surface area contributed by atoms with E-state index in [2.05, 4.69) is 5.16 Å². The summed E-state index contributed by atoms with van der Waals surface area (Å²) in [5, 5.41) is 20.8. The van der Waals surface area contributed by atoms with Crippen LogP contribution in [-0.4, -0.2) is 40.0 Å². The first-order chi connectivity index (χ1) is 8.88. The third kappa shape index (κ3) is 3.34. The van der Waals surface area contributed by atoms with Crippen LogP contribution in [0.2, 0.25) is 0 Å². The van der Waals surface area contributed by atoms with Crippen molar-refractivity contribution >= 4 is 11.7 Å². The quantitative estimate of drug-likeness (QED) is 0.330. The number of carbonyl (C=O) groups is 1. The van der Waals surface area contributed by atoms with E-state index in [9.17, 15) is 14.3 Å². The minimum absolute atomic E-state index is 0.0371. The second-order valence-corrected chi connectivity index (χ2v) is 4.19. The molecule has 1 unspecified atom stereocenters. The Balaban J connectivity index is 2.94. The van der Waals surface area contributed by atoms with E-state index in [1.165, 1.54) is 24.1 Å². The Kier molecular flexibility index (Phi) is 4.68. The Morgan fingerprint density at radius 3 is 2.74 bits per heavy atom. The molecule has 7 heteroatoms. The van der Waals surface area contributed by atoms with Crippen LogP contribution < -0.4 is 5.73 Å². The van der Waals surface area contributed by atoms with Gasteiger partial charge < -0.3 is 20.9 Å². The molecule has 1 aromatic rings. The zero-order chi connectivity index (χ0) is 14.6. The first-order valence-electron chi connectivity index (χ1n) is 5.59. The van der Waals surface area contributed by atoms with Crippen LogP contribution in [0.25, 0.3) is 0 Å². The van der Waals surface area contributed by atoms with Crippen LogP contribution in [0.5, 0.6) is 5.75 Å². The van der Waals surface area contributed by atoms with Gasteiger partial charge in [-0.1, -0.05) is 11.2 Å². The molecule has 1 aromatic carbocycles. The lowest BCUT2D eigenvalue weighted by atomic mass is 10.1. The van der Waals surface area contributed by atoms with Crippen molar-refractivity contribution in [2.75, 3.05) is 7.05 Å². The lowest BCUT2D eigenvalue weighted by molar-refractivity contribution is 0.0739. The normalized spacial score (nSPS) is 13.1. The first-order valence-corrected chi connectivity index (χ1v) is 5.59. The van der Waals surface area contributed by atoms with Crippen molar-refractivity contribution in [1.82, 2.24) is 4.90 Å². The molecular formula is C12H16FN3O3. The summed E-state index contributed by atoms with van der Waals surface area (Å²) >= 11 is 0. The highest BCUT2D eigenvalue weighted by atomic mass is 19.1. The molecule has 0 saturated heterocycles. The smallest absolute Gasteiger partial charge is 0.260 e. The van der Waals surface area contributed by atoms with E-state index < -0.39 is 29.1 Å². The monoisotopic (exact) mass is 269 g/mol. The number of amidine groups is 1. The number of aromatic hydroxyl groups is 1. The number of oxime groups is 1. The first kappa shape index (κ1) is 14.7. The lowest BCUT2D eigenvalue weighted by Crippen LogP contribution is -2.38. The summed E-state index contributed by atoms with van der Waals surface area (Å²) in [6.07, 6.45) is 0.133. The molecule has 0 saturated carbocycles. The minimum Gasteiger partial charge on any atom is -0.507 e. The largest absolute Gasteiger partial charge is 0.507 e. The molecule has 0 heterocycles. The summed E-state index contributed by atoms with van der Waals surface area (Å²) < 4.78 is 13.6. The number of rotatable bonds is 4. The highest BCUT2D eigenvalue weighted by molar-refractivity contribution is 5.97. The zero-order valence-electron chi connectivity index (χ0n) is 10.7. The topological polar surface area (TPSA) is 99.2 Å². The van der Waals surface area contributed by atoms with E-state index in [4.69, 9.17) is 10.9 Å². The molecule has 0 bridgehead atoms. The van der Waals surface area contributed by atoms with Gasteiger partial charge in [-0.2, -0.15) is 0 Å². The molecule has 0 radical (unpaired) electrons. The van der Waals surface area contributed by atoms with Gasteiger partial charge in [-0.3, -0.25) is 4.79 Å². The van der Waals surface area contributed by atoms with Crippen LogP contribution in [0.3, 0.4) is 0 Å². The molecule has 0 spiro atoms. The third-order valence-electron chi connectivity index (χ3n) is 2.82. The molecule has 0 aliphatic rings. The van der Waals surface area contributed by atoms with Crippen molar-refractivity contribution in [1.29, 1.82) is 0 Å².